The van der Waals surface area contributed by atoms with Crippen LogP contribution in [0.25, 0.3) is 21.5 Å². The molecule has 0 aliphatic heterocycles. The Morgan fingerprint density at radius 3 is 2.83 bits per heavy atom. The summed E-state index contributed by atoms with van der Waals surface area (Å²) in [7, 11) is 0. The van der Waals surface area contributed by atoms with E-state index in [0.717, 1.165) is 22.6 Å². The molecule has 0 bridgehead atoms. The standard InChI is InChI=1S/C17H14IN2S3/c1-11-19-15(10-22-11)12-8-21-9-13(12)18-7-6-17-20-14-4-2-3-5-16(14)23-17/h2-5,8-10H,6-7H2,1H3/q-1. The topological polar surface area (TPSA) is 25.8 Å². The van der Waals surface area contributed by atoms with Gasteiger partial charge in [0.25, 0.3) is 0 Å². The van der Waals surface area contributed by atoms with Gasteiger partial charge in [-0.2, -0.15) is 0 Å². The summed E-state index contributed by atoms with van der Waals surface area (Å²) in [6.45, 7) is 2.07. The SMILES string of the molecule is Cc1nc(-c2cscc2[I-]CCc2nc3ccccc3s2)cs1. The second-order valence-corrected chi connectivity index (χ2v) is 11.0. The van der Waals surface area contributed by atoms with Crippen molar-refractivity contribution in [3.63, 3.8) is 0 Å². The molecule has 3 aromatic heterocycles. The normalized spacial score (nSPS) is 11.5. The van der Waals surface area contributed by atoms with Crippen LogP contribution in [-0.2, 0) is 6.42 Å². The summed E-state index contributed by atoms with van der Waals surface area (Å²) in [5.41, 5.74) is 3.65. The Labute approximate surface area is 157 Å². The molecule has 4 rings (SSSR count). The fourth-order valence-corrected chi connectivity index (χ4v) is 8.41. The molecule has 0 saturated carbocycles. The summed E-state index contributed by atoms with van der Waals surface area (Å²) >= 11 is 5.38. The van der Waals surface area contributed by atoms with E-state index in [9.17, 15) is 0 Å². The molecule has 1 aromatic carbocycles. The number of thiophene rings is 1. The number of thiazole rings is 2. The zero-order chi connectivity index (χ0) is 15.6. The molecule has 6 heteroatoms. The maximum absolute atomic E-state index is 4.74. The van der Waals surface area contributed by atoms with Crippen molar-refractivity contribution in [2.75, 3.05) is 4.43 Å². The van der Waals surface area contributed by atoms with Gasteiger partial charge in [0, 0.05) is 0 Å². The van der Waals surface area contributed by atoms with E-state index in [4.69, 9.17) is 4.98 Å². The summed E-state index contributed by atoms with van der Waals surface area (Å²) in [5.74, 6) is 0. The van der Waals surface area contributed by atoms with Crippen molar-refractivity contribution >= 4 is 44.2 Å². The van der Waals surface area contributed by atoms with E-state index >= 15 is 0 Å². The molecule has 118 valence electrons. The van der Waals surface area contributed by atoms with Crippen LogP contribution < -0.4 is 21.2 Å². The van der Waals surface area contributed by atoms with Gasteiger partial charge in [-0.1, -0.05) is 0 Å². The van der Waals surface area contributed by atoms with E-state index in [1.54, 1.807) is 22.7 Å². The predicted octanol–water partition coefficient (Wildman–Crippen LogP) is 2.29. The molecule has 0 radical (unpaired) electrons. The van der Waals surface area contributed by atoms with Gasteiger partial charge < -0.3 is 0 Å². The molecular formula is C17H14IN2S3-. The van der Waals surface area contributed by atoms with Crippen LogP contribution in [0.3, 0.4) is 0 Å². The van der Waals surface area contributed by atoms with Crippen LogP contribution in [0.4, 0.5) is 0 Å². The minimum atomic E-state index is 0.0120. The summed E-state index contributed by atoms with van der Waals surface area (Å²) in [6, 6.07) is 8.41. The van der Waals surface area contributed by atoms with Gasteiger partial charge in [-0.05, 0) is 0 Å². The Kier molecular flexibility index (Phi) is 4.75. The van der Waals surface area contributed by atoms with Gasteiger partial charge in [0.15, 0.2) is 0 Å². The molecule has 4 aromatic rings. The number of benzene rings is 1. The summed E-state index contributed by atoms with van der Waals surface area (Å²) < 4.78 is 4.07. The Balaban J connectivity index is 1.44. The quantitative estimate of drug-likeness (QED) is 0.331. The maximum atomic E-state index is 4.74. The van der Waals surface area contributed by atoms with Crippen molar-refractivity contribution in [1.82, 2.24) is 9.97 Å². The van der Waals surface area contributed by atoms with Crippen molar-refractivity contribution in [3.05, 3.63) is 54.0 Å². The van der Waals surface area contributed by atoms with Crippen LogP contribution in [0.5, 0.6) is 0 Å². The van der Waals surface area contributed by atoms with Crippen LogP contribution >= 0.6 is 34.0 Å². The van der Waals surface area contributed by atoms with Gasteiger partial charge in [-0.25, -0.2) is 0 Å². The van der Waals surface area contributed by atoms with Crippen LogP contribution in [0.2, 0.25) is 0 Å². The van der Waals surface area contributed by atoms with Crippen molar-refractivity contribution < 1.29 is 21.2 Å². The molecule has 0 spiro atoms. The summed E-state index contributed by atoms with van der Waals surface area (Å²) in [5, 5.41) is 9.16. The molecule has 0 aliphatic rings. The minimum absolute atomic E-state index is 0.0120. The van der Waals surface area contributed by atoms with Gasteiger partial charge in [-0.15, -0.1) is 0 Å². The van der Waals surface area contributed by atoms with Gasteiger partial charge in [0.1, 0.15) is 0 Å². The first-order valence-corrected chi connectivity index (χ1v) is 12.5. The van der Waals surface area contributed by atoms with Crippen LogP contribution in [0, 0.1) is 10.5 Å². The zero-order valence-electron chi connectivity index (χ0n) is 12.5. The molecule has 0 unspecified atom stereocenters. The third-order valence-corrected chi connectivity index (χ3v) is 9.22. The number of aryl methyl sites for hydroxylation is 2. The number of nitrogens with zero attached hydrogens (tertiary/aromatic N) is 2. The van der Waals surface area contributed by atoms with E-state index in [2.05, 4.69) is 52.3 Å². The second kappa shape index (κ2) is 6.96. The van der Waals surface area contributed by atoms with Gasteiger partial charge in [0.2, 0.25) is 0 Å². The van der Waals surface area contributed by atoms with Gasteiger partial charge >= 0.3 is 158 Å². The molecule has 0 aliphatic carbocycles. The van der Waals surface area contributed by atoms with E-state index in [1.165, 1.54) is 23.3 Å². The number of rotatable bonds is 5. The third kappa shape index (κ3) is 3.50. The van der Waals surface area contributed by atoms with E-state index < -0.39 is 0 Å². The van der Waals surface area contributed by atoms with Crippen molar-refractivity contribution in [2.24, 2.45) is 0 Å². The number of alkyl halides is 1. The monoisotopic (exact) mass is 469 g/mol. The first kappa shape index (κ1) is 15.7. The Hall–Kier alpha value is -0.830. The van der Waals surface area contributed by atoms with Crippen LogP contribution in [0.15, 0.2) is 40.4 Å². The molecule has 3 heterocycles. The van der Waals surface area contributed by atoms with Gasteiger partial charge in [0.05, 0.1) is 0 Å². The molecule has 0 atom stereocenters. The van der Waals surface area contributed by atoms with E-state index in [0.29, 0.717) is 0 Å². The predicted molar refractivity (Wildman–Crippen MR) is 97.1 cm³/mol. The number of para-hydroxylation sites is 1. The third-order valence-electron chi connectivity index (χ3n) is 3.39. The molecule has 0 amide bonds. The molecule has 2 nitrogen and oxygen atoms in total. The van der Waals surface area contributed by atoms with Crippen LogP contribution in [-0.4, -0.2) is 14.4 Å². The first-order valence-electron chi connectivity index (χ1n) is 7.22. The van der Waals surface area contributed by atoms with E-state index in [1.807, 2.05) is 11.3 Å². The number of fused-ring (bicyclic) bond motifs is 1. The van der Waals surface area contributed by atoms with Crippen LogP contribution in [0.1, 0.15) is 10.0 Å². The molecule has 0 saturated heterocycles. The van der Waals surface area contributed by atoms with E-state index in [-0.39, 0.29) is 21.2 Å². The average Bonchev–Trinajstić information content (AvgIpc) is 3.25. The van der Waals surface area contributed by atoms with Gasteiger partial charge in [-0.3, -0.25) is 0 Å². The molecular weight excluding hydrogens is 455 g/mol. The Bertz CT molecular complexity index is 905. The fourth-order valence-electron chi connectivity index (χ4n) is 2.31. The number of hydrogen-bond acceptors (Lipinski definition) is 5. The fraction of sp³-hybridized carbons (Fsp3) is 0.176. The van der Waals surface area contributed by atoms with Crippen molar-refractivity contribution in [1.29, 1.82) is 0 Å². The zero-order valence-corrected chi connectivity index (χ0v) is 17.1. The molecule has 23 heavy (non-hydrogen) atoms. The summed E-state index contributed by atoms with van der Waals surface area (Å²) in [4.78, 5) is 9.38. The first-order chi connectivity index (χ1) is 11.3. The summed E-state index contributed by atoms with van der Waals surface area (Å²) in [6.07, 6.45) is 1.10. The molecule has 0 N–H and O–H groups in total. The van der Waals surface area contributed by atoms with Crippen molar-refractivity contribution in [3.8, 4) is 11.3 Å². The number of halogens is 1. The average molecular weight is 469 g/mol. The van der Waals surface area contributed by atoms with Crippen molar-refractivity contribution in [2.45, 2.75) is 13.3 Å². The Morgan fingerprint density at radius 1 is 1.09 bits per heavy atom. The Morgan fingerprint density at radius 2 is 2.00 bits per heavy atom. The number of hydrogen-bond donors (Lipinski definition) is 0. The second-order valence-electron chi connectivity index (χ2n) is 5.03. The molecule has 0 fully saturated rings. The number of aromatic nitrogens is 2.